The lowest BCUT2D eigenvalue weighted by Crippen LogP contribution is -2.24. The Morgan fingerprint density at radius 3 is 3.06 bits per heavy atom. The van der Waals surface area contributed by atoms with Crippen molar-refractivity contribution in [2.24, 2.45) is 0 Å². The van der Waals surface area contributed by atoms with Gasteiger partial charge >= 0.3 is 12.1 Å². The van der Waals surface area contributed by atoms with Crippen LogP contribution in [0, 0.1) is 0 Å². The summed E-state index contributed by atoms with van der Waals surface area (Å²) in [6.07, 6.45) is 1.72. The van der Waals surface area contributed by atoms with Crippen LogP contribution in [0.4, 0.5) is 4.79 Å². The second-order valence-electron chi connectivity index (χ2n) is 2.67. The summed E-state index contributed by atoms with van der Waals surface area (Å²) in [5.74, 6) is -1.16. The number of rotatable bonds is 5. The third kappa shape index (κ3) is 3.12. The van der Waals surface area contributed by atoms with Crippen LogP contribution in [0.2, 0.25) is 0 Å². The van der Waals surface area contributed by atoms with Gasteiger partial charge in [0.2, 0.25) is 0 Å². The van der Waals surface area contributed by atoms with Gasteiger partial charge in [-0.25, -0.2) is 14.6 Å². The minimum absolute atomic E-state index is 0.0584. The number of hydrogen-bond donors (Lipinski definition) is 2. The van der Waals surface area contributed by atoms with E-state index in [-0.39, 0.29) is 24.6 Å². The molecule has 0 aliphatic heterocycles. The first-order valence-electron chi connectivity index (χ1n) is 4.32. The summed E-state index contributed by atoms with van der Waals surface area (Å²) in [7, 11) is 0. The minimum Gasteiger partial charge on any atom is -0.476 e. The molecule has 7 nitrogen and oxygen atoms in total. The van der Waals surface area contributed by atoms with Crippen molar-refractivity contribution in [3.05, 3.63) is 30.5 Å². The number of carboxylic acids is 1. The van der Waals surface area contributed by atoms with Gasteiger partial charge in [-0.05, 0) is 0 Å². The molecule has 0 saturated carbocycles. The van der Waals surface area contributed by atoms with E-state index < -0.39 is 12.1 Å². The van der Waals surface area contributed by atoms with Crippen LogP contribution >= 0.6 is 0 Å². The summed E-state index contributed by atoms with van der Waals surface area (Å²) in [4.78, 5) is 25.1. The Kier molecular flexibility index (Phi) is 4.07. The second-order valence-corrected chi connectivity index (χ2v) is 2.67. The maximum absolute atomic E-state index is 11.0. The SMILES string of the molecule is C=CCOC(=O)NCc1ocnc1C(=O)O. The Bertz CT molecular complexity index is 398. The molecule has 1 heterocycles. The van der Waals surface area contributed by atoms with Crippen LogP contribution in [0.3, 0.4) is 0 Å². The van der Waals surface area contributed by atoms with E-state index in [9.17, 15) is 9.59 Å². The van der Waals surface area contributed by atoms with Gasteiger partial charge < -0.3 is 19.6 Å². The number of alkyl carbamates (subject to hydrolysis) is 1. The van der Waals surface area contributed by atoms with Crippen LogP contribution in [0.15, 0.2) is 23.5 Å². The van der Waals surface area contributed by atoms with Gasteiger partial charge in [-0.15, -0.1) is 0 Å². The summed E-state index contributed by atoms with van der Waals surface area (Å²) < 4.78 is 9.41. The highest BCUT2D eigenvalue weighted by molar-refractivity contribution is 5.86. The molecule has 0 spiro atoms. The topological polar surface area (TPSA) is 102 Å². The van der Waals surface area contributed by atoms with E-state index in [4.69, 9.17) is 9.52 Å². The number of carbonyl (C=O) groups excluding carboxylic acids is 1. The van der Waals surface area contributed by atoms with Gasteiger partial charge in [0, 0.05) is 0 Å². The van der Waals surface area contributed by atoms with E-state index >= 15 is 0 Å². The van der Waals surface area contributed by atoms with Gasteiger partial charge in [0.1, 0.15) is 6.61 Å². The van der Waals surface area contributed by atoms with Gasteiger partial charge in [0.25, 0.3) is 0 Å². The number of ether oxygens (including phenoxy) is 1. The van der Waals surface area contributed by atoms with E-state index in [1.807, 2.05) is 0 Å². The van der Waals surface area contributed by atoms with Gasteiger partial charge in [-0.3, -0.25) is 0 Å². The van der Waals surface area contributed by atoms with E-state index in [0.717, 1.165) is 6.39 Å². The number of nitrogens with zero attached hydrogens (tertiary/aromatic N) is 1. The molecule has 0 saturated heterocycles. The zero-order valence-corrected chi connectivity index (χ0v) is 8.30. The largest absolute Gasteiger partial charge is 0.476 e. The van der Waals surface area contributed by atoms with Crippen LogP contribution in [0.5, 0.6) is 0 Å². The summed E-state index contributed by atoms with van der Waals surface area (Å²) >= 11 is 0. The van der Waals surface area contributed by atoms with Gasteiger partial charge in [-0.2, -0.15) is 0 Å². The summed E-state index contributed by atoms with van der Waals surface area (Å²) in [6, 6.07) is 0. The number of aromatic carboxylic acids is 1. The maximum atomic E-state index is 11.0. The van der Waals surface area contributed by atoms with Crippen LogP contribution < -0.4 is 5.32 Å². The molecule has 0 radical (unpaired) electrons. The second kappa shape index (κ2) is 5.54. The smallest absolute Gasteiger partial charge is 0.407 e. The molecule has 16 heavy (non-hydrogen) atoms. The monoisotopic (exact) mass is 226 g/mol. The minimum atomic E-state index is -1.22. The lowest BCUT2D eigenvalue weighted by Gasteiger charge is -2.03. The fraction of sp³-hybridized carbons (Fsp3) is 0.222. The zero-order chi connectivity index (χ0) is 12.0. The summed E-state index contributed by atoms with van der Waals surface area (Å²) in [6.45, 7) is 3.35. The molecule has 7 heteroatoms. The van der Waals surface area contributed by atoms with Crippen molar-refractivity contribution in [1.82, 2.24) is 10.3 Å². The van der Waals surface area contributed by atoms with E-state index in [1.54, 1.807) is 0 Å². The molecule has 1 aromatic heterocycles. The van der Waals surface area contributed by atoms with Crippen molar-refractivity contribution < 1.29 is 23.8 Å². The van der Waals surface area contributed by atoms with Crippen LogP contribution in [0.1, 0.15) is 16.2 Å². The fourth-order valence-corrected chi connectivity index (χ4v) is 0.908. The Balaban J connectivity index is 2.48. The van der Waals surface area contributed by atoms with Gasteiger partial charge in [0.15, 0.2) is 17.8 Å². The van der Waals surface area contributed by atoms with Gasteiger partial charge in [-0.1, -0.05) is 12.7 Å². The molecule has 0 bridgehead atoms. The van der Waals surface area contributed by atoms with E-state index in [0.29, 0.717) is 0 Å². The standard InChI is InChI=1S/C9H10N2O5/c1-2-3-15-9(14)10-4-6-7(8(12)13)11-5-16-6/h2,5H,1,3-4H2,(H,10,14)(H,12,13). The first-order valence-corrected chi connectivity index (χ1v) is 4.32. The predicted molar refractivity (Wildman–Crippen MR) is 51.8 cm³/mol. The maximum Gasteiger partial charge on any atom is 0.407 e. The Morgan fingerprint density at radius 1 is 1.69 bits per heavy atom. The molecular formula is C9H10N2O5. The molecule has 0 aliphatic carbocycles. The fourth-order valence-electron chi connectivity index (χ4n) is 0.908. The predicted octanol–water partition coefficient (Wildman–Crippen LogP) is 0.785. The molecule has 1 aromatic rings. The van der Waals surface area contributed by atoms with Gasteiger partial charge in [0.05, 0.1) is 6.54 Å². The average Bonchev–Trinajstić information content (AvgIpc) is 2.71. The number of aromatic nitrogens is 1. The molecule has 0 fully saturated rings. The molecular weight excluding hydrogens is 216 g/mol. The molecule has 1 amide bonds. The Morgan fingerprint density at radius 2 is 2.44 bits per heavy atom. The van der Waals surface area contributed by atoms with Crippen molar-refractivity contribution in [3.63, 3.8) is 0 Å². The number of carbonyl (C=O) groups is 2. The number of hydrogen-bond acceptors (Lipinski definition) is 5. The molecule has 0 atom stereocenters. The first-order chi connectivity index (χ1) is 7.65. The third-order valence-electron chi connectivity index (χ3n) is 1.57. The molecule has 2 N–H and O–H groups in total. The zero-order valence-electron chi connectivity index (χ0n) is 8.30. The normalized spacial score (nSPS) is 9.50. The Labute approximate surface area is 90.7 Å². The van der Waals surface area contributed by atoms with Crippen LogP contribution in [-0.4, -0.2) is 28.8 Å². The highest BCUT2D eigenvalue weighted by atomic mass is 16.5. The van der Waals surface area contributed by atoms with E-state index in [2.05, 4.69) is 21.6 Å². The molecule has 0 aliphatic rings. The number of oxazole rings is 1. The quantitative estimate of drug-likeness (QED) is 0.719. The summed E-state index contributed by atoms with van der Waals surface area (Å²) in [5, 5.41) is 11.0. The van der Waals surface area contributed by atoms with E-state index in [1.165, 1.54) is 6.08 Å². The van der Waals surface area contributed by atoms with Crippen molar-refractivity contribution >= 4 is 12.1 Å². The highest BCUT2D eigenvalue weighted by Gasteiger charge is 2.15. The van der Waals surface area contributed by atoms with Crippen molar-refractivity contribution in [2.75, 3.05) is 6.61 Å². The van der Waals surface area contributed by atoms with Crippen molar-refractivity contribution in [2.45, 2.75) is 6.54 Å². The lowest BCUT2D eigenvalue weighted by atomic mass is 10.3. The number of carboxylic acid groups (broad SMARTS) is 1. The third-order valence-corrected chi connectivity index (χ3v) is 1.57. The van der Waals surface area contributed by atoms with Crippen molar-refractivity contribution in [1.29, 1.82) is 0 Å². The number of amides is 1. The lowest BCUT2D eigenvalue weighted by molar-refractivity contribution is 0.0688. The molecule has 0 aromatic carbocycles. The average molecular weight is 226 g/mol. The molecule has 86 valence electrons. The molecule has 1 rings (SSSR count). The Hall–Kier alpha value is -2.31. The summed E-state index contributed by atoms with van der Waals surface area (Å²) in [5.41, 5.74) is -0.232. The first kappa shape index (κ1) is 11.8. The highest BCUT2D eigenvalue weighted by Crippen LogP contribution is 2.05. The molecule has 0 unspecified atom stereocenters. The van der Waals surface area contributed by atoms with Crippen LogP contribution in [0.25, 0.3) is 0 Å². The van der Waals surface area contributed by atoms with Crippen LogP contribution in [-0.2, 0) is 11.3 Å². The number of nitrogens with one attached hydrogen (secondary N) is 1. The van der Waals surface area contributed by atoms with Crippen molar-refractivity contribution in [3.8, 4) is 0 Å².